The van der Waals surface area contributed by atoms with E-state index >= 15 is 0 Å². The molecule has 0 radical (unpaired) electrons. The number of rotatable bonds is 7. The minimum atomic E-state index is -0.502. The zero-order valence-corrected chi connectivity index (χ0v) is 14.5. The fourth-order valence-electron chi connectivity index (χ4n) is 2.95. The number of nitro benzene ring substituents is 1. The predicted molar refractivity (Wildman–Crippen MR) is 97.9 cm³/mol. The van der Waals surface area contributed by atoms with Crippen LogP contribution in [0.2, 0.25) is 0 Å². The minimum Gasteiger partial charge on any atom is -0.395 e. The molecule has 0 aliphatic heterocycles. The van der Waals surface area contributed by atoms with Crippen molar-refractivity contribution in [1.82, 2.24) is 10.3 Å². The van der Waals surface area contributed by atoms with Crippen LogP contribution < -0.4 is 9.80 Å². The first kappa shape index (κ1) is 17.6. The molecule has 0 unspecified atom stereocenters. The van der Waals surface area contributed by atoms with E-state index in [0.29, 0.717) is 23.4 Å². The first-order valence-corrected chi connectivity index (χ1v) is 8.16. The molecular formula is C17H19N5O4. The third-order valence-corrected chi connectivity index (χ3v) is 4.18. The lowest BCUT2D eigenvalue weighted by Gasteiger charge is -2.25. The van der Waals surface area contributed by atoms with E-state index in [9.17, 15) is 15.2 Å². The first-order valence-electron chi connectivity index (χ1n) is 8.16. The molecule has 0 saturated carbocycles. The molecule has 0 saturated heterocycles. The van der Waals surface area contributed by atoms with Gasteiger partial charge in [-0.1, -0.05) is 18.2 Å². The molecule has 0 fully saturated rings. The highest BCUT2D eigenvalue weighted by atomic mass is 16.6. The van der Waals surface area contributed by atoms with Crippen LogP contribution in [-0.2, 0) is 0 Å². The molecule has 9 heteroatoms. The van der Waals surface area contributed by atoms with Crippen LogP contribution in [0.3, 0.4) is 0 Å². The number of benzene rings is 2. The summed E-state index contributed by atoms with van der Waals surface area (Å²) in [5.74, 6) is 0. The van der Waals surface area contributed by atoms with E-state index in [2.05, 4.69) is 10.3 Å². The van der Waals surface area contributed by atoms with Crippen molar-refractivity contribution in [1.29, 1.82) is 0 Å². The van der Waals surface area contributed by atoms with E-state index in [4.69, 9.17) is 4.63 Å². The Morgan fingerprint density at radius 2 is 1.88 bits per heavy atom. The van der Waals surface area contributed by atoms with Gasteiger partial charge in [-0.15, -0.1) is 0 Å². The number of anilines is 3. The van der Waals surface area contributed by atoms with Crippen molar-refractivity contribution in [2.45, 2.75) is 6.92 Å². The predicted octanol–water partition coefficient (Wildman–Crippen LogP) is 2.72. The van der Waals surface area contributed by atoms with Gasteiger partial charge in [0.2, 0.25) is 5.52 Å². The molecule has 1 N–H and O–H groups in total. The molecule has 0 bridgehead atoms. The molecule has 0 aliphatic carbocycles. The van der Waals surface area contributed by atoms with Gasteiger partial charge >= 0.3 is 5.69 Å². The lowest BCUT2D eigenvalue weighted by molar-refractivity contribution is -0.382. The van der Waals surface area contributed by atoms with Crippen LogP contribution in [0.15, 0.2) is 41.0 Å². The summed E-state index contributed by atoms with van der Waals surface area (Å²) in [6, 6.07) is 11.3. The van der Waals surface area contributed by atoms with Crippen molar-refractivity contribution in [3.8, 4) is 0 Å². The highest BCUT2D eigenvalue weighted by Crippen LogP contribution is 2.41. The van der Waals surface area contributed by atoms with Gasteiger partial charge in [0.25, 0.3) is 0 Å². The summed E-state index contributed by atoms with van der Waals surface area (Å²) >= 11 is 0. The quantitative estimate of drug-likeness (QED) is 0.508. The van der Waals surface area contributed by atoms with E-state index in [0.717, 1.165) is 5.69 Å². The van der Waals surface area contributed by atoms with Crippen LogP contribution >= 0.6 is 0 Å². The average molecular weight is 357 g/mol. The van der Waals surface area contributed by atoms with Gasteiger partial charge in [0.1, 0.15) is 5.69 Å². The number of nitro groups is 1. The Hall–Kier alpha value is -3.20. The summed E-state index contributed by atoms with van der Waals surface area (Å²) in [6.45, 7) is 2.71. The number of hydrogen-bond acceptors (Lipinski definition) is 8. The number of likely N-dealkylation sites (N-methyl/N-ethyl adjacent to an activating group) is 1. The largest absolute Gasteiger partial charge is 0.395 e. The number of para-hydroxylation sites is 1. The normalized spacial score (nSPS) is 10.9. The van der Waals surface area contributed by atoms with Crippen LogP contribution in [0.5, 0.6) is 0 Å². The summed E-state index contributed by atoms with van der Waals surface area (Å²) in [6.07, 6.45) is 0. The number of fused-ring (bicyclic) bond motifs is 1. The maximum Gasteiger partial charge on any atom is 0.323 e. The summed E-state index contributed by atoms with van der Waals surface area (Å²) in [7, 11) is 1.68. The minimum absolute atomic E-state index is 0.0849. The average Bonchev–Trinajstić information content (AvgIpc) is 3.12. The highest BCUT2D eigenvalue weighted by molar-refractivity contribution is 6.01. The molecule has 3 rings (SSSR count). The van der Waals surface area contributed by atoms with Crippen LogP contribution in [0.25, 0.3) is 11.0 Å². The lowest BCUT2D eigenvalue weighted by Crippen LogP contribution is -2.23. The second-order valence-corrected chi connectivity index (χ2v) is 5.71. The highest BCUT2D eigenvalue weighted by Gasteiger charge is 2.29. The molecular weight excluding hydrogens is 338 g/mol. The Labute approximate surface area is 149 Å². The van der Waals surface area contributed by atoms with Crippen LogP contribution in [0, 0.1) is 10.1 Å². The zero-order chi connectivity index (χ0) is 18.7. The van der Waals surface area contributed by atoms with E-state index < -0.39 is 4.92 Å². The third kappa shape index (κ3) is 3.04. The van der Waals surface area contributed by atoms with Crippen LogP contribution in [0.4, 0.5) is 22.7 Å². The van der Waals surface area contributed by atoms with Gasteiger partial charge in [-0.2, -0.15) is 0 Å². The third-order valence-electron chi connectivity index (χ3n) is 4.18. The summed E-state index contributed by atoms with van der Waals surface area (Å²) in [5, 5.41) is 28.6. The summed E-state index contributed by atoms with van der Waals surface area (Å²) in [5.41, 5.74) is 2.14. The van der Waals surface area contributed by atoms with Crippen molar-refractivity contribution >= 4 is 33.8 Å². The number of aliphatic hydroxyl groups is 1. The number of aliphatic hydroxyl groups excluding tert-OH is 1. The van der Waals surface area contributed by atoms with E-state index in [1.54, 1.807) is 18.0 Å². The smallest absolute Gasteiger partial charge is 0.323 e. The number of nitrogens with zero attached hydrogens (tertiary/aromatic N) is 5. The Morgan fingerprint density at radius 3 is 2.50 bits per heavy atom. The molecule has 26 heavy (non-hydrogen) atoms. The molecule has 0 atom stereocenters. The maximum atomic E-state index is 11.7. The molecule has 136 valence electrons. The van der Waals surface area contributed by atoms with Crippen LogP contribution in [0.1, 0.15) is 6.92 Å². The molecule has 1 heterocycles. The standard InChI is InChI=1S/C17H19N5O4/c1-3-21(12-7-5-4-6-8-12)13-11-14(20(2)9-10-23)17(22(24)25)16-15(13)18-26-19-16/h4-8,11,23H,3,9-10H2,1-2H3. The van der Waals surface area contributed by atoms with Gasteiger partial charge in [-0.3, -0.25) is 10.1 Å². The topological polar surface area (TPSA) is 109 Å². The molecule has 3 aromatic rings. The summed E-state index contributed by atoms with van der Waals surface area (Å²) < 4.78 is 4.82. The monoisotopic (exact) mass is 357 g/mol. The molecule has 0 spiro atoms. The molecule has 2 aromatic carbocycles. The van der Waals surface area contributed by atoms with Gasteiger partial charge in [0.15, 0.2) is 5.52 Å². The molecule has 1 aromatic heterocycles. The van der Waals surface area contributed by atoms with Crippen LogP contribution in [-0.4, -0.2) is 47.1 Å². The van der Waals surface area contributed by atoms with Gasteiger partial charge in [-0.25, -0.2) is 4.63 Å². The van der Waals surface area contributed by atoms with Gasteiger partial charge in [0, 0.05) is 25.8 Å². The number of hydrogen-bond donors (Lipinski definition) is 1. The SMILES string of the molecule is CCN(c1ccccc1)c1cc(N(C)CCO)c([N+](=O)[O-])c2nonc12. The van der Waals surface area contributed by atoms with Gasteiger partial charge in [0.05, 0.1) is 17.2 Å². The Morgan fingerprint density at radius 1 is 1.19 bits per heavy atom. The molecule has 9 nitrogen and oxygen atoms in total. The molecule has 0 aliphatic rings. The van der Waals surface area contributed by atoms with Crippen molar-refractivity contribution in [3.63, 3.8) is 0 Å². The van der Waals surface area contributed by atoms with Gasteiger partial charge in [-0.05, 0) is 35.4 Å². The van der Waals surface area contributed by atoms with E-state index in [-0.39, 0.29) is 24.4 Å². The van der Waals surface area contributed by atoms with Crippen molar-refractivity contribution in [2.24, 2.45) is 0 Å². The van der Waals surface area contributed by atoms with Crippen molar-refractivity contribution in [2.75, 3.05) is 36.5 Å². The summed E-state index contributed by atoms with van der Waals surface area (Å²) in [4.78, 5) is 14.8. The number of aromatic nitrogens is 2. The van der Waals surface area contributed by atoms with Gasteiger partial charge < -0.3 is 14.9 Å². The Balaban J connectivity index is 2.27. The second kappa shape index (κ2) is 7.36. The lowest BCUT2D eigenvalue weighted by atomic mass is 10.1. The van der Waals surface area contributed by atoms with Crippen molar-refractivity contribution in [3.05, 3.63) is 46.5 Å². The maximum absolute atomic E-state index is 11.7. The second-order valence-electron chi connectivity index (χ2n) is 5.71. The fourth-order valence-corrected chi connectivity index (χ4v) is 2.95. The first-order chi connectivity index (χ1) is 12.6. The van der Waals surface area contributed by atoms with E-state index in [1.807, 2.05) is 42.2 Å². The van der Waals surface area contributed by atoms with Crippen molar-refractivity contribution < 1.29 is 14.7 Å². The molecule has 0 amide bonds. The fraction of sp³-hybridized carbons (Fsp3) is 0.294. The van der Waals surface area contributed by atoms with E-state index in [1.165, 1.54) is 0 Å². The Bertz CT molecular complexity index is 912. The zero-order valence-electron chi connectivity index (χ0n) is 14.5. The Kier molecular flexibility index (Phi) is 4.99.